The molecule has 2 heterocycles. The van der Waals surface area contributed by atoms with Crippen LogP contribution in [-0.4, -0.2) is 37.5 Å². The van der Waals surface area contributed by atoms with Gasteiger partial charge in [0.1, 0.15) is 0 Å². The maximum atomic E-state index is 5.93. The Bertz CT molecular complexity index is 214. The van der Waals surface area contributed by atoms with Crippen molar-refractivity contribution in [1.82, 2.24) is 5.32 Å². The zero-order valence-electron chi connectivity index (χ0n) is 10.6. The average molecular weight is 227 g/mol. The van der Waals surface area contributed by atoms with E-state index in [2.05, 4.69) is 19.2 Å². The van der Waals surface area contributed by atoms with E-state index >= 15 is 0 Å². The maximum Gasteiger partial charge on any atom is 0.0951 e. The van der Waals surface area contributed by atoms with Crippen LogP contribution in [0.2, 0.25) is 0 Å². The molecule has 0 radical (unpaired) electrons. The van der Waals surface area contributed by atoms with Gasteiger partial charge < -0.3 is 14.8 Å². The van der Waals surface area contributed by atoms with Crippen LogP contribution >= 0.6 is 0 Å². The van der Waals surface area contributed by atoms with Crippen LogP contribution in [0, 0.1) is 0 Å². The summed E-state index contributed by atoms with van der Waals surface area (Å²) < 4.78 is 11.4. The third-order valence-corrected chi connectivity index (χ3v) is 3.80. The smallest absolute Gasteiger partial charge is 0.0951 e. The Kier molecular flexibility index (Phi) is 4.22. The van der Waals surface area contributed by atoms with Crippen molar-refractivity contribution in [3.63, 3.8) is 0 Å². The van der Waals surface area contributed by atoms with Crippen LogP contribution in [0.3, 0.4) is 0 Å². The molecule has 0 aromatic carbocycles. The van der Waals surface area contributed by atoms with Gasteiger partial charge in [-0.3, -0.25) is 0 Å². The molecule has 2 saturated heterocycles. The number of hydrogen-bond acceptors (Lipinski definition) is 3. The molecule has 2 aliphatic heterocycles. The van der Waals surface area contributed by atoms with E-state index in [1.165, 1.54) is 12.8 Å². The van der Waals surface area contributed by atoms with Crippen molar-refractivity contribution < 1.29 is 9.47 Å². The van der Waals surface area contributed by atoms with Crippen LogP contribution < -0.4 is 5.32 Å². The molecule has 0 amide bonds. The molecular formula is C13H25NO2. The molecule has 0 aromatic rings. The van der Waals surface area contributed by atoms with Gasteiger partial charge in [0.15, 0.2) is 0 Å². The zero-order valence-corrected chi connectivity index (χ0v) is 10.6. The summed E-state index contributed by atoms with van der Waals surface area (Å²) in [7, 11) is 0. The standard InChI is InChI=1S/C13H25NO2/c1-3-4-11(2)14-12-5-7-16-13(9-12)6-8-15-10-13/h11-12,14H,3-10H2,1-2H3. The summed E-state index contributed by atoms with van der Waals surface area (Å²) in [5, 5.41) is 3.74. The summed E-state index contributed by atoms with van der Waals surface area (Å²) in [6.45, 7) is 7.09. The molecule has 3 heteroatoms. The summed E-state index contributed by atoms with van der Waals surface area (Å²) in [6, 6.07) is 1.25. The van der Waals surface area contributed by atoms with Crippen molar-refractivity contribution in [3.05, 3.63) is 0 Å². The molecule has 0 bridgehead atoms. The molecular weight excluding hydrogens is 202 g/mol. The number of hydrogen-bond donors (Lipinski definition) is 1. The Labute approximate surface area is 98.9 Å². The monoisotopic (exact) mass is 227 g/mol. The lowest BCUT2D eigenvalue weighted by Crippen LogP contribution is -2.49. The molecule has 1 N–H and O–H groups in total. The van der Waals surface area contributed by atoms with Crippen LogP contribution in [0.5, 0.6) is 0 Å². The van der Waals surface area contributed by atoms with Crippen LogP contribution in [0.4, 0.5) is 0 Å². The van der Waals surface area contributed by atoms with Crippen molar-refractivity contribution in [2.24, 2.45) is 0 Å². The van der Waals surface area contributed by atoms with E-state index in [0.29, 0.717) is 12.1 Å². The van der Waals surface area contributed by atoms with Crippen molar-refractivity contribution in [2.75, 3.05) is 19.8 Å². The molecule has 3 nitrogen and oxygen atoms in total. The van der Waals surface area contributed by atoms with E-state index < -0.39 is 0 Å². The van der Waals surface area contributed by atoms with E-state index in [4.69, 9.17) is 9.47 Å². The van der Waals surface area contributed by atoms with E-state index in [9.17, 15) is 0 Å². The average Bonchev–Trinajstić information content (AvgIpc) is 2.66. The molecule has 2 fully saturated rings. The first kappa shape index (κ1) is 12.3. The van der Waals surface area contributed by atoms with Crippen molar-refractivity contribution >= 4 is 0 Å². The SMILES string of the molecule is CCCC(C)NC1CCOC2(CCOC2)C1. The Morgan fingerprint density at radius 2 is 2.31 bits per heavy atom. The summed E-state index contributed by atoms with van der Waals surface area (Å²) >= 11 is 0. The molecule has 0 saturated carbocycles. The molecule has 2 aliphatic rings. The highest BCUT2D eigenvalue weighted by Crippen LogP contribution is 2.32. The second kappa shape index (κ2) is 5.48. The fourth-order valence-corrected chi connectivity index (χ4v) is 2.95. The van der Waals surface area contributed by atoms with Gasteiger partial charge in [-0.05, 0) is 26.2 Å². The predicted octanol–water partition coefficient (Wildman–Crippen LogP) is 2.10. The van der Waals surface area contributed by atoms with Crippen molar-refractivity contribution in [3.8, 4) is 0 Å². The van der Waals surface area contributed by atoms with Gasteiger partial charge in [0, 0.05) is 31.7 Å². The molecule has 0 aliphatic carbocycles. The maximum absolute atomic E-state index is 5.93. The van der Waals surface area contributed by atoms with Gasteiger partial charge in [0.05, 0.1) is 12.2 Å². The summed E-state index contributed by atoms with van der Waals surface area (Å²) in [6.07, 6.45) is 5.87. The van der Waals surface area contributed by atoms with E-state index in [1.807, 2.05) is 0 Å². The normalized spacial score (nSPS) is 36.8. The Morgan fingerprint density at radius 1 is 1.44 bits per heavy atom. The predicted molar refractivity (Wildman–Crippen MR) is 64.6 cm³/mol. The van der Waals surface area contributed by atoms with E-state index in [0.717, 1.165) is 39.1 Å². The van der Waals surface area contributed by atoms with Crippen LogP contribution in [-0.2, 0) is 9.47 Å². The van der Waals surface area contributed by atoms with Crippen LogP contribution in [0.15, 0.2) is 0 Å². The molecule has 1 spiro atoms. The van der Waals surface area contributed by atoms with Gasteiger partial charge in [-0.1, -0.05) is 13.3 Å². The molecule has 2 rings (SSSR count). The largest absolute Gasteiger partial charge is 0.378 e. The first-order valence-corrected chi connectivity index (χ1v) is 6.72. The molecule has 16 heavy (non-hydrogen) atoms. The van der Waals surface area contributed by atoms with Crippen molar-refractivity contribution in [2.45, 2.75) is 63.6 Å². The third kappa shape index (κ3) is 2.96. The second-order valence-corrected chi connectivity index (χ2v) is 5.38. The van der Waals surface area contributed by atoms with E-state index in [-0.39, 0.29) is 5.60 Å². The summed E-state index contributed by atoms with van der Waals surface area (Å²) in [5.41, 5.74) is 0.0435. The zero-order chi connectivity index (χ0) is 11.4. The molecule has 94 valence electrons. The summed E-state index contributed by atoms with van der Waals surface area (Å²) in [5.74, 6) is 0. The van der Waals surface area contributed by atoms with Gasteiger partial charge in [-0.25, -0.2) is 0 Å². The highest BCUT2D eigenvalue weighted by molar-refractivity contribution is 4.93. The fourth-order valence-electron chi connectivity index (χ4n) is 2.95. The first-order chi connectivity index (χ1) is 7.74. The highest BCUT2D eigenvalue weighted by Gasteiger charge is 2.40. The van der Waals surface area contributed by atoms with Crippen LogP contribution in [0.25, 0.3) is 0 Å². The van der Waals surface area contributed by atoms with E-state index in [1.54, 1.807) is 0 Å². The van der Waals surface area contributed by atoms with Gasteiger partial charge in [-0.15, -0.1) is 0 Å². The number of nitrogens with one attached hydrogen (secondary N) is 1. The lowest BCUT2D eigenvalue weighted by Gasteiger charge is -2.38. The van der Waals surface area contributed by atoms with Crippen molar-refractivity contribution in [1.29, 1.82) is 0 Å². The van der Waals surface area contributed by atoms with Gasteiger partial charge in [0.2, 0.25) is 0 Å². The molecule has 0 aromatic heterocycles. The first-order valence-electron chi connectivity index (χ1n) is 6.72. The molecule has 3 unspecified atom stereocenters. The fraction of sp³-hybridized carbons (Fsp3) is 1.00. The molecule has 3 atom stereocenters. The van der Waals surface area contributed by atoms with Gasteiger partial charge in [0.25, 0.3) is 0 Å². The number of rotatable bonds is 4. The topological polar surface area (TPSA) is 30.5 Å². The quantitative estimate of drug-likeness (QED) is 0.798. The Balaban J connectivity index is 1.82. The summed E-state index contributed by atoms with van der Waals surface area (Å²) in [4.78, 5) is 0. The highest BCUT2D eigenvalue weighted by atomic mass is 16.6. The lowest BCUT2D eigenvalue weighted by molar-refractivity contribution is -0.0902. The minimum atomic E-state index is 0.0435. The van der Waals surface area contributed by atoms with Gasteiger partial charge in [-0.2, -0.15) is 0 Å². The van der Waals surface area contributed by atoms with Crippen LogP contribution in [0.1, 0.15) is 46.0 Å². The minimum absolute atomic E-state index is 0.0435. The Morgan fingerprint density at radius 3 is 3.00 bits per heavy atom. The second-order valence-electron chi connectivity index (χ2n) is 5.38. The Hall–Kier alpha value is -0.120. The number of ether oxygens (including phenoxy) is 2. The lowest BCUT2D eigenvalue weighted by atomic mass is 9.89. The third-order valence-electron chi connectivity index (χ3n) is 3.80. The van der Waals surface area contributed by atoms with Gasteiger partial charge >= 0.3 is 0 Å². The minimum Gasteiger partial charge on any atom is -0.378 e.